The molecule has 0 saturated heterocycles. The van der Waals surface area contributed by atoms with Gasteiger partial charge in [0.25, 0.3) is 0 Å². The smallest absolute Gasteiger partial charge is 0.326 e. The minimum absolute atomic E-state index is 0.385. The number of carbonyl (C=O) groups excluding carboxylic acids is 4. The zero-order chi connectivity index (χ0) is 15.0. The van der Waals surface area contributed by atoms with Crippen LogP contribution in [0.15, 0.2) is 0 Å². The van der Waals surface area contributed by atoms with Gasteiger partial charge in [0.2, 0.25) is 0 Å². The highest BCUT2D eigenvalue weighted by molar-refractivity contribution is 5.67. The second-order valence-corrected chi connectivity index (χ2v) is 3.14. The van der Waals surface area contributed by atoms with Crippen molar-refractivity contribution < 1.29 is 38.5 Å². The third-order valence-corrected chi connectivity index (χ3v) is 1.15. The van der Waals surface area contributed by atoms with Gasteiger partial charge in [0, 0.05) is 27.7 Å². The molecule has 0 aromatic rings. The highest BCUT2D eigenvalue weighted by atomic mass is 17.0. The minimum atomic E-state index is -0.799. The third-order valence-electron chi connectivity index (χ3n) is 1.15. The van der Waals surface area contributed by atoms with Crippen molar-refractivity contribution in [3.8, 4) is 0 Å². The zero-order valence-electron chi connectivity index (χ0n) is 10.9. The van der Waals surface area contributed by atoms with E-state index in [0.717, 1.165) is 27.7 Å². The molecule has 0 aromatic carbocycles. The Balaban J connectivity index is 4.68. The van der Waals surface area contributed by atoms with Gasteiger partial charge >= 0.3 is 23.9 Å². The average molecular weight is 278 g/mol. The molecule has 0 N–H and O–H groups in total. The van der Waals surface area contributed by atoms with Crippen LogP contribution in [-0.2, 0) is 38.5 Å². The predicted molar refractivity (Wildman–Crippen MR) is 55.6 cm³/mol. The Hall–Kier alpha value is -2.20. The third kappa shape index (κ3) is 9.50. The van der Waals surface area contributed by atoms with Gasteiger partial charge in [-0.3, -0.25) is 19.2 Å². The van der Waals surface area contributed by atoms with Gasteiger partial charge in [-0.2, -0.15) is 0 Å². The Morgan fingerprint density at radius 1 is 0.632 bits per heavy atom. The lowest BCUT2D eigenvalue weighted by Gasteiger charge is -2.23. The van der Waals surface area contributed by atoms with Crippen molar-refractivity contribution in [1.29, 1.82) is 0 Å². The first-order chi connectivity index (χ1) is 8.70. The highest BCUT2D eigenvalue weighted by Gasteiger charge is 2.22. The van der Waals surface area contributed by atoms with Crippen molar-refractivity contribution in [3.63, 3.8) is 0 Å². The second kappa shape index (κ2) is 8.00. The van der Waals surface area contributed by atoms with Crippen molar-refractivity contribution >= 4 is 23.9 Å². The van der Waals surface area contributed by atoms with Crippen LogP contribution in [0.25, 0.3) is 0 Å². The standard InChI is InChI=1S/C9H14N2O8/c1-6(12)16-10(17-7(2)13)5-11(18-8(3)14)19-9(4)15/h5H2,1-4H3. The molecule has 0 radical (unpaired) electrons. The van der Waals surface area contributed by atoms with Crippen LogP contribution in [0.4, 0.5) is 0 Å². The summed E-state index contributed by atoms with van der Waals surface area (Å²) in [5.41, 5.74) is 0. The number of nitrogens with zero attached hydrogens (tertiary/aromatic N) is 2. The van der Waals surface area contributed by atoms with Gasteiger partial charge in [-0.15, -0.1) is 0 Å². The Morgan fingerprint density at radius 2 is 0.842 bits per heavy atom. The molecule has 0 fully saturated rings. The zero-order valence-corrected chi connectivity index (χ0v) is 10.9. The van der Waals surface area contributed by atoms with E-state index in [2.05, 4.69) is 19.4 Å². The number of hydroxylamine groups is 4. The molecule has 0 aliphatic heterocycles. The molecule has 10 nitrogen and oxygen atoms in total. The van der Waals surface area contributed by atoms with Crippen LogP contribution in [0, 0.1) is 0 Å². The highest BCUT2D eigenvalue weighted by Crippen LogP contribution is 2.02. The quantitative estimate of drug-likeness (QED) is 0.463. The van der Waals surface area contributed by atoms with Gasteiger partial charge < -0.3 is 19.4 Å². The van der Waals surface area contributed by atoms with Crippen molar-refractivity contribution in [3.05, 3.63) is 0 Å². The van der Waals surface area contributed by atoms with Crippen LogP contribution in [0.5, 0.6) is 0 Å². The lowest BCUT2D eigenvalue weighted by Crippen LogP contribution is -2.41. The molecule has 0 unspecified atom stereocenters. The second-order valence-electron chi connectivity index (χ2n) is 3.14. The van der Waals surface area contributed by atoms with E-state index in [1.54, 1.807) is 0 Å². The van der Waals surface area contributed by atoms with Crippen LogP contribution in [-0.4, -0.2) is 41.0 Å². The first-order valence-corrected chi connectivity index (χ1v) is 5.00. The van der Waals surface area contributed by atoms with Crippen molar-refractivity contribution in [2.24, 2.45) is 0 Å². The minimum Gasteiger partial charge on any atom is -0.332 e. The van der Waals surface area contributed by atoms with E-state index in [1.807, 2.05) is 0 Å². The molecular formula is C9H14N2O8. The predicted octanol–water partition coefficient (Wildman–Crippen LogP) is -0.540. The summed E-state index contributed by atoms with van der Waals surface area (Å²) in [5.74, 6) is -3.20. The Bertz CT molecular complexity index is 303. The molecule has 108 valence electrons. The molecule has 0 bridgehead atoms. The molecule has 19 heavy (non-hydrogen) atoms. The molecule has 10 heteroatoms. The fourth-order valence-electron chi connectivity index (χ4n) is 0.821. The number of rotatable bonds is 6. The van der Waals surface area contributed by atoms with Crippen LogP contribution in [0.2, 0.25) is 0 Å². The van der Waals surface area contributed by atoms with Crippen molar-refractivity contribution in [1.82, 2.24) is 10.5 Å². The largest absolute Gasteiger partial charge is 0.332 e. The van der Waals surface area contributed by atoms with Gasteiger partial charge in [0.05, 0.1) is 10.5 Å². The summed E-state index contributed by atoms with van der Waals surface area (Å²) in [4.78, 5) is 61.0. The monoisotopic (exact) mass is 278 g/mol. The molecule has 0 rings (SSSR count). The molecule has 0 atom stereocenters. The SMILES string of the molecule is CC(=O)ON(CN(OC(C)=O)OC(C)=O)OC(C)=O. The Morgan fingerprint density at radius 3 is 1.00 bits per heavy atom. The summed E-state index contributed by atoms with van der Waals surface area (Å²) in [6, 6.07) is 0. The molecule has 0 amide bonds. The summed E-state index contributed by atoms with van der Waals surface area (Å²) in [6.45, 7) is 3.58. The van der Waals surface area contributed by atoms with E-state index >= 15 is 0 Å². The van der Waals surface area contributed by atoms with Gasteiger partial charge in [-0.25, -0.2) is 0 Å². The topological polar surface area (TPSA) is 112 Å². The van der Waals surface area contributed by atoms with Gasteiger partial charge in [-0.1, -0.05) is 0 Å². The van der Waals surface area contributed by atoms with E-state index in [1.165, 1.54) is 0 Å². The van der Waals surface area contributed by atoms with E-state index in [-0.39, 0.29) is 0 Å². The molecular weight excluding hydrogens is 264 g/mol. The maximum atomic E-state index is 10.8. The Labute approximate surface area is 108 Å². The average Bonchev–Trinajstić information content (AvgIpc) is 2.11. The summed E-state index contributed by atoms with van der Waals surface area (Å²) in [6.07, 6.45) is 0. The van der Waals surface area contributed by atoms with Crippen LogP contribution in [0.3, 0.4) is 0 Å². The van der Waals surface area contributed by atoms with Crippen LogP contribution in [0.1, 0.15) is 27.7 Å². The molecule has 0 aliphatic rings. The summed E-state index contributed by atoms with van der Waals surface area (Å²) in [7, 11) is 0. The van der Waals surface area contributed by atoms with Gasteiger partial charge in [0.15, 0.2) is 6.67 Å². The fourth-order valence-corrected chi connectivity index (χ4v) is 0.821. The van der Waals surface area contributed by atoms with E-state index in [9.17, 15) is 19.2 Å². The van der Waals surface area contributed by atoms with Crippen LogP contribution >= 0.6 is 0 Å². The maximum Gasteiger partial charge on any atom is 0.326 e. The lowest BCUT2D eigenvalue weighted by atomic mass is 10.8. The summed E-state index contributed by atoms with van der Waals surface area (Å²) < 4.78 is 0. The van der Waals surface area contributed by atoms with E-state index < -0.39 is 30.5 Å². The molecule has 0 heterocycles. The molecule has 0 aromatic heterocycles. The number of hydrogen-bond donors (Lipinski definition) is 0. The van der Waals surface area contributed by atoms with E-state index in [4.69, 9.17) is 0 Å². The summed E-state index contributed by atoms with van der Waals surface area (Å²) in [5, 5.41) is 0.771. The van der Waals surface area contributed by atoms with E-state index in [0.29, 0.717) is 10.5 Å². The number of carbonyl (C=O) groups is 4. The number of hydrogen-bond acceptors (Lipinski definition) is 10. The van der Waals surface area contributed by atoms with Crippen molar-refractivity contribution in [2.45, 2.75) is 27.7 Å². The first-order valence-electron chi connectivity index (χ1n) is 5.00. The maximum absolute atomic E-state index is 10.8. The van der Waals surface area contributed by atoms with Gasteiger partial charge in [0.1, 0.15) is 0 Å². The summed E-state index contributed by atoms with van der Waals surface area (Å²) >= 11 is 0. The Kier molecular flexibility index (Phi) is 7.07. The molecule has 0 aliphatic carbocycles. The fraction of sp³-hybridized carbons (Fsp3) is 0.556. The first kappa shape index (κ1) is 16.8. The lowest BCUT2D eigenvalue weighted by molar-refractivity contribution is -0.408. The molecule has 0 saturated carbocycles. The molecule has 0 spiro atoms. The van der Waals surface area contributed by atoms with Crippen molar-refractivity contribution in [2.75, 3.05) is 6.67 Å². The normalized spacial score (nSPS) is 10.0. The van der Waals surface area contributed by atoms with Gasteiger partial charge in [-0.05, 0) is 0 Å². The van der Waals surface area contributed by atoms with Crippen LogP contribution < -0.4 is 0 Å².